The summed E-state index contributed by atoms with van der Waals surface area (Å²) in [6, 6.07) is 22.4. The van der Waals surface area contributed by atoms with Crippen LogP contribution in [-0.2, 0) is 7.05 Å². The Labute approximate surface area is 152 Å². The molecule has 0 fully saturated rings. The first kappa shape index (κ1) is 16.1. The average molecular weight is 341 g/mol. The molecule has 128 valence electrons. The Bertz CT molecular complexity index is 1020. The van der Waals surface area contributed by atoms with E-state index < -0.39 is 0 Å². The van der Waals surface area contributed by atoms with E-state index in [1.54, 1.807) is 13.3 Å². The van der Waals surface area contributed by atoms with Gasteiger partial charge in [-0.3, -0.25) is 9.67 Å². The Morgan fingerprint density at radius 1 is 0.846 bits per heavy atom. The second-order valence-electron chi connectivity index (χ2n) is 6.04. The molecule has 0 saturated heterocycles. The highest BCUT2D eigenvalue weighted by molar-refractivity contribution is 5.91. The summed E-state index contributed by atoms with van der Waals surface area (Å²) >= 11 is 0. The van der Waals surface area contributed by atoms with Gasteiger partial charge in [-0.2, -0.15) is 5.10 Å². The van der Waals surface area contributed by atoms with E-state index >= 15 is 0 Å². The third-order valence-electron chi connectivity index (χ3n) is 4.39. The van der Waals surface area contributed by atoms with Gasteiger partial charge >= 0.3 is 0 Å². The molecule has 0 aliphatic heterocycles. The highest BCUT2D eigenvalue weighted by Gasteiger charge is 2.20. The first-order valence-corrected chi connectivity index (χ1v) is 8.45. The summed E-state index contributed by atoms with van der Waals surface area (Å²) in [5.41, 5.74) is 6.25. The standard InChI is InChI=1S/C22H19N3O/c1-25-22(18-11-7-13-23-15-18)20(16-8-4-3-5-9-16)21(24-25)17-10-6-12-19(14-17)26-2/h3-15H,1-2H3. The summed E-state index contributed by atoms with van der Waals surface area (Å²) in [7, 11) is 3.65. The van der Waals surface area contributed by atoms with Gasteiger partial charge in [0.1, 0.15) is 11.4 Å². The van der Waals surface area contributed by atoms with Crippen LogP contribution in [0.2, 0.25) is 0 Å². The van der Waals surface area contributed by atoms with Crippen LogP contribution in [-0.4, -0.2) is 21.9 Å². The van der Waals surface area contributed by atoms with Crippen molar-refractivity contribution >= 4 is 0 Å². The van der Waals surface area contributed by atoms with E-state index in [1.807, 2.05) is 60.4 Å². The normalized spacial score (nSPS) is 10.7. The lowest BCUT2D eigenvalue weighted by molar-refractivity contribution is 0.415. The van der Waals surface area contributed by atoms with Crippen LogP contribution < -0.4 is 4.74 Å². The van der Waals surface area contributed by atoms with Crippen LogP contribution in [0.1, 0.15) is 0 Å². The fourth-order valence-corrected chi connectivity index (χ4v) is 3.21. The van der Waals surface area contributed by atoms with Gasteiger partial charge in [-0.1, -0.05) is 42.5 Å². The number of pyridine rings is 1. The Balaban J connectivity index is 2.01. The van der Waals surface area contributed by atoms with E-state index in [4.69, 9.17) is 9.84 Å². The molecule has 2 aromatic carbocycles. The first-order chi connectivity index (χ1) is 12.8. The molecule has 4 aromatic rings. The Kier molecular flexibility index (Phi) is 4.23. The molecule has 2 aromatic heterocycles. The second-order valence-corrected chi connectivity index (χ2v) is 6.04. The monoisotopic (exact) mass is 341 g/mol. The first-order valence-electron chi connectivity index (χ1n) is 8.45. The molecule has 0 atom stereocenters. The maximum atomic E-state index is 5.40. The maximum absolute atomic E-state index is 5.40. The van der Waals surface area contributed by atoms with Gasteiger partial charge in [-0.05, 0) is 29.8 Å². The van der Waals surface area contributed by atoms with E-state index in [9.17, 15) is 0 Å². The number of rotatable bonds is 4. The molecule has 0 N–H and O–H groups in total. The summed E-state index contributed by atoms with van der Waals surface area (Å²) in [6.07, 6.45) is 3.66. The van der Waals surface area contributed by atoms with Crippen LogP contribution in [0.15, 0.2) is 79.1 Å². The highest BCUT2D eigenvalue weighted by Crippen LogP contribution is 2.39. The van der Waals surface area contributed by atoms with Gasteiger partial charge in [0.05, 0.1) is 12.8 Å². The quantitative estimate of drug-likeness (QED) is 0.534. The Morgan fingerprint density at radius 2 is 1.62 bits per heavy atom. The molecule has 0 spiro atoms. The van der Waals surface area contributed by atoms with Crippen LogP contribution in [0.3, 0.4) is 0 Å². The molecular weight excluding hydrogens is 322 g/mol. The minimum Gasteiger partial charge on any atom is -0.497 e. The SMILES string of the molecule is COc1cccc(-c2nn(C)c(-c3cccnc3)c2-c2ccccc2)c1. The zero-order chi connectivity index (χ0) is 17.9. The number of methoxy groups -OCH3 is 1. The van der Waals surface area contributed by atoms with Crippen LogP contribution in [0, 0.1) is 0 Å². The van der Waals surface area contributed by atoms with E-state index in [-0.39, 0.29) is 0 Å². The van der Waals surface area contributed by atoms with Crippen molar-refractivity contribution < 1.29 is 4.74 Å². The Hall–Kier alpha value is -3.40. The molecule has 0 unspecified atom stereocenters. The minimum atomic E-state index is 0.815. The van der Waals surface area contributed by atoms with Crippen molar-refractivity contribution in [1.82, 2.24) is 14.8 Å². The van der Waals surface area contributed by atoms with Crippen molar-refractivity contribution in [1.29, 1.82) is 0 Å². The van der Waals surface area contributed by atoms with E-state index in [1.165, 1.54) is 0 Å². The zero-order valence-electron chi connectivity index (χ0n) is 14.8. The van der Waals surface area contributed by atoms with Crippen LogP contribution in [0.5, 0.6) is 5.75 Å². The van der Waals surface area contributed by atoms with Crippen molar-refractivity contribution in [2.24, 2.45) is 7.05 Å². The Morgan fingerprint density at radius 3 is 2.35 bits per heavy atom. The van der Waals surface area contributed by atoms with Gasteiger partial charge in [0.25, 0.3) is 0 Å². The van der Waals surface area contributed by atoms with Crippen molar-refractivity contribution in [2.45, 2.75) is 0 Å². The lowest BCUT2D eigenvalue weighted by atomic mass is 9.96. The predicted molar refractivity (Wildman–Crippen MR) is 104 cm³/mol. The van der Waals surface area contributed by atoms with Crippen LogP contribution in [0.25, 0.3) is 33.6 Å². The van der Waals surface area contributed by atoms with E-state index in [2.05, 4.69) is 29.2 Å². The molecule has 2 heterocycles. The van der Waals surface area contributed by atoms with Gasteiger partial charge in [0.15, 0.2) is 0 Å². The summed E-state index contributed by atoms with van der Waals surface area (Å²) in [6.45, 7) is 0. The number of ether oxygens (including phenoxy) is 1. The molecule has 0 saturated carbocycles. The molecule has 4 heteroatoms. The molecule has 4 nitrogen and oxygen atoms in total. The van der Waals surface area contributed by atoms with Crippen molar-refractivity contribution in [3.63, 3.8) is 0 Å². The van der Waals surface area contributed by atoms with Crippen LogP contribution in [0.4, 0.5) is 0 Å². The van der Waals surface area contributed by atoms with Crippen LogP contribution >= 0.6 is 0 Å². The largest absolute Gasteiger partial charge is 0.497 e. The number of aromatic nitrogens is 3. The summed E-state index contributed by atoms with van der Waals surface area (Å²) in [5.74, 6) is 0.815. The number of aryl methyl sites for hydroxylation is 1. The van der Waals surface area contributed by atoms with Gasteiger partial charge in [0.2, 0.25) is 0 Å². The molecular formula is C22H19N3O. The number of hydrogen-bond donors (Lipinski definition) is 0. The summed E-state index contributed by atoms with van der Waals surface area (Å²) in [5, 5.41) is 4.84. The van der Waals surface area contributed by atoms with Gasteiger partial charge in [0, 0.05) is 36.1 Å². The number of nitrogens with zero attached hydrogens (tertiary/aromatic N) is 3. The second kappa shape index (κ2) is 6.84. The maximum Gasteiger partial charge on any atom is 0.119 e. The molecule has 0 bridgehead atoms. The highest BCUT2D eigenvalue weighted by atomic mass is 16.5. The van der Waals surface area contributed by atoms with Gasteiger partial charge < -0.3 is 4.74 Å². The third kappa shape index (κ3) is 2.86. The molecule has 26 heavy (non-hydrogen) atoms. The van der Waals surface area contributed by atoms with Crippen molar-refractivity contribution in [2.75, 3.05) is 7.11 Å². The molecule has 4 rings (SSSR count). The molecule has 0 aliphatic rings. The molecule has 0 amide bonds. The fourth-order valence-electron chi connectivity index (χ4n) is 3.21. The predicted octanol–water partition coefficient (Wildman–Crippen LogP) is 4.82. The third-order valence-corrected chi connectivity index (χ3v) is 4.39. The lowest BCUT2D eigenvalue weighted by Crippen LogP contribution is -1.94. The summed E-state index contributed by atoms with van der Waals surface area (Å²) < 4.78 is 7.32. The lowest BCUT2D eigenvalue weighted by Gasteiger charge is -2.08. The van der Waals surface area contributed by atoms with Crippen molar-refractivity contribution in [3.8, 4) is 39.4 Å². The summed E-state index contributed by atoms with van der Waals surface area (Å²) in [4.78, 5) is 4.29. The number of benzene rings is 2. The van der Waals surface area contributed by atoms with Gasteiger partial charge in [-0.15, -0.1) is 0 Å². The smallest absolute Gasteiger partial charge is 0.119 e. The zero-order valence-corrected chi connectivity index (χ0v) is 14.8. The van der Waals surface area contributed by atoms with Crippen molar-refractivity contribution in [3.05, 3.63) is 79.1 Å². The minimum absolute atomic E-state index is 0.815. The van der Waals surface area contributed by atoms with E-state index in [0.29, 0.717) is 0 Å². The molecule has 0 radical (unpaired) electrons. The van der Waals surface area contributed by atoms with E-state index in [0.717, 1.165) is 39.4 Å². The van der Waals surface area contributed by atoms with Gasteiger partial charge in [-0.25, -0.2) is 0 Å². The molecule has 0 aliphatic carbocycles. The topological polar surface area (TPSA) is 39.9 Å². The number of hydrogen-bond acceptors (Lipinski definition) is 3. The average Bonchev–Trinajstić information content (AvgIpc) is 3.06. The fraction of sp³-hybridized carbons (Fsp3) is 0.0909.